The fraction of sp³-hybridized carbons (Fsp3) is 0.450. The average Bonchev–Trinajstić information content (AvgIpc) is 3.17. The largest absolute Gasteiger partial charge is 0.492 e. The Bertz CT molecular complexity index is 757. The minimum atomic E-state index is 0.579. The molecule has 2 aromatic rings. The summed E-state index contributed by atoms with van der Waals surface area (Å²) in [6, 6.07) is 10.2. The third kappa shape index (κ3) is 2.65. The van der Waals surface area contributed by atoms with E-state index in [2.05, 4.69) is 42.2 Å². The summed E-state index contributed by atoms with van der Waals surface area (Å²) < 4.78 is 6.14. The van der Waals surface area contributed by atoms with E-state index in [0.717, 1.165) is 24.6 Å². The van der Waals surface area contributed by atoms with Crippen molar-refractivity contribution in [2.75, 3.05) is 33.0 Å². The number of likely N-dealkylation sites (N-methyl/N-ethyl adjacent to an activating group) is 1. The summed E-state index contributed by atoms with van der Waals surface area (Å²) in [4.78, 5) is 6.70. The van der Waals surface area contributed by atoms with E-state index in [1.807, 2.05) is 12.1 Å². The quantitative estimate of drug-likeness (QED) is 0.913. The highest BCUT2D eigenvalue weighted by Gasteiger charge is 2.41. The molecule has 1 heterocycles. The minimum absolute atomic E-state index is 0.579. The first-order valence-corrected chi connectivity index (χ1v) is 8.80. The summed E-state index contributed by atoms with van der Waals surface area (Å²) in [6.07, 6.45) is 3.84. The van der Waals surface area contributed by atoms with Gasteiger partial charge in [0.2, 0.25) is 0 Å². The van der Waals surface area contributed by atoms with Crippen LogP contribution in [0.15, 0.2) is 30.3 Å². The fourth-order valence-electron chi connectivity index (χ4n) is 4.27. The van der Waals surface area contributed by atoms with Gasteiger partial charge in [-0.2, -0.15) is 0 Å². The van der Waals surface area contributed by atoms with Crippen LogP contribution in [0.5, 0.6) is 5.75 Å². The van der Waals surface area contributed by atoms with Crippen molar-refractivity contribution in [2.24, 2.45) is 0 Å². The predicted octanol–water partition coefficient (Wildman–Crippen LogP) is 3.64. The Morgan fingerprint density at radius 2 is 1.92 bits per heavy atom. The van der Waals surface area contributed by atoms with E-state index in [1.54, 1.807) is 0 Å². The molecule has 2 bridgehead atoms. The third-order valence-electron chi connectivity index (χ3n) is 5.34. The Morgan fingerprint density at radius 3 is 2.67 bits per heavy atom. The molecule has 0 amide bonds. The molecule has 24 heavy (non-hydrogen) atoms. The van der Waals surface area contributed by atoms with E-state index in [4.69, 9.17) is 10.5 Å². The van der Waals surface area contributed by atoms with Gasteiger partial charge in [0.1, 0.15) is 18.2 Å². The molecule has 0 spiro atoms. The van der Waals surface area contributed by atoms with Gasteiger partial charge >= 0.3 is 0 Å². The van der Waals surface area contributed by atoms with Gasteiger partial charge in [-0.05, 0) is 75.0 Å². The molecule has 1 fully saturated rings. The number of ether oxygens (including phenoxy) is 1. The molecular weight excluding hydrogens is 298 g/mol. The summed E-state index contributed by atoms with van der Waals surface area (Å²) in [6.45, 7) is 1.66. The van der Waals surface area contributed by atoms with Crippen molar-refractivity contribution in [3.63, 3.8) is 0 Å². The molecule has 2 N–H and O–H groups in total. The van der Waals surface area contributed by atoms with Gasteiger partial charge in [-0.1, -0.05) is 6.07 Å². The van der Waals surface area contributed by atoms with Gasteiger partial charge < -0.3 is 15.4 Å². The smallest absolute Gasteiger partial charge is 0.124 e. The van der Waals surface area contributed by atoms with Crippen LogP contribution in [0.3, 0.4) is 0 Å². The van der Waals surface area contributed by atoms with Gasteiger partial charge in [0.15, 0.2) is 0 Å². The standard InChI is InChI=1S/C20H25N3O/c1-23(2)10-11-24-17-9-8-15(16-4-3-5-18(21)22-16)19-13-6-7-14(12-13)20(17)19/h3-5,8-9,13-14H,6-7,10-12H2,1-2H3,(H2,21,22). The van der Waals surface area contributed by atoms with E-state index in [-0.39, 0.29) is 0 Å². The van der Waals surface area contributed by atoms with Gasteiger partial charge in [-0.3, -0.25) is 0 Å². The number of hydrogen-bond donors (Lipinski definition) is 1. The Kier molecular flexibility index (Phi) is 3.93. The van der Waals surface area contributed by atoms with E-state index < -0.39 is 0 Å². The Balaban J connectivity index is 1.73. The highest BCUT2D eigenvalue weighted by molar-refractivity contribution is 5.72. The molecule has 1 saturated carbocycles. The van der Waals surface area contributed by atoms with Crippen LogP contribution >= 0.6 is 0 Å². The lowest BCUT2D eigenvalue weighted by Gasteiger charge is -2.23. The van der Waals surface area contributed by atoms with Gasteiger partial charge in [0.25, 0.3) is 0 Å². The summed E-state index contributed by atoms with van der Waals surface area (Å²) >= 11 is 0. The van der Waals surface area contributed by atoms with E-state index in [0.29, 0.717) is 17.7 Å². The Labute approximate surface area is 143 Å². The van der Waals surface area contributed by atoms with Crippen molar-refractivity contribution in [1.29, 1.82) is 0 Å². The second kappa shape index (κ2) is 6.10. The van der Waals surface area contributed by atoms with E-state index in [1.165, 1.54) is 36.0 Å². The van der Waals surface area contributed by atoms with Crippen molar-refractivity contribution in [3.05, 3.63) is 41.5 Å². The maximum atomic E-state index is 6.14. The maximum absolute atomic E-state index is 6.14. The lowest BCUT2D eigenvalue weighted by Crippen LogP contribution is -2.20. The predicted molar refractivity (Wildman–Crippen MR) is 97.5 cm³/mol. The van der Waals surface area contributed by atoms with Crippen molar-refractivity contribution < 1.29 is 4.74 Å². The number of aromatic nitrogens is 1. The van der Waals surface area contributed by atoms with Crippen LogP contribution in [0, 0.1) is 0 Å². The van der Waals surface area contributed by atoms with Crippen LogP contribution in [-0.2, 0) is 0 Å². The van der Waals surface area contributed by atoms with Crippen molar-refractivity contribution in [2.45, 2.75) is 31.1 Å². The number of anilines is 1. The number of benzene rings is 1. The van der Waals surface area contributed by atoms with Crippen LogP contribution in [0.1, 0.15) is 42.2 Å². The van der Waals surface area contributed by atoms with Gasteiger partial charge in [-0.25, -0.2) is 4.98 Å². The molecule has 0 aliphatic heterocycles. The summed E-state index contributed by atoms with van der Waals surface area (Å²) in [5, 5.41) is 0. The highest BCUT2D eigenvalue weighted by atomic mass is 16.5. The summed E-state index contributed by atoms with van der Waals surface area (Å²) in [5.74, 6) is 2.96. The molecule has 2 aliphatic rings. The zero-order chi connectivity index (χ0) is 16.7. The Hall–Kier alpha value is -2.07. The minimum Gasteiger partial charge on any atom is -0.492 e. The summed E-state index contributed by atoms with van der Waals surface area (Å²) in [5.41, 5.74) is 11.0. The van der Waals surface area contributed by atoms with Crippen LogP contribution in [0.4, 0.5) is 5.82 Å². The number of fused-ring (bicyclic) bond motifs is 5. The topological polar surface area (TPSA) is 51.4 Å². The monoisotopic (exact) mass is 323 g/mol. The number of nitrogen functional groups attached to an aromatic ring is 1. The molecule has 1 aromatic carbocycles. The summed E-state index contributed by atoms with van der Waals surface area (Å²) in [7, 11) is 4.15. The normalized spacial score (nSPS) is 21.3. The fourth-order valence-corrected chi connectivity index (χ4v) is 4.27. The number of hydrogen-bond acceptors (Lipinski definition) is 4. The first-order chi connectivity index (χ1) is 11.6. The molecule has 2 aliphatic carbocycles. The lowest BCUT2D eigenvalue weighted by atomic mass is 9.86. The SMILES string of the molecule is CN(C)CCOc1ccc(-c2cccc(N)n2)c2c1C1CCC2C1. The lowest BCUT2D eigenvalue weighted by molar-refractivity contribution is 0.258. The van der Waals surface area contributed by atoms with E-state index in [9.17, 15) is 0 Å². The van der Waals surface area contributed by atoms with Crippen molar-refractivity contribution in [1.82, 2.24) is 9.88 Å². The molecular formula is C20H25N3O. The zero-order valence-corrected chi connectivity index (χ0v) is 14.5. The Morgan fingerprint density at radius 1 is 1.12 bits per heavy atom. The molecule has 1 aromatic heterocycles. The number of nitrogens with zero attached hydrogens (tertiary/aromatic N) is 2. The van der Waals surface area contributed by atoms with Crippen LogP contribution in [0.25, 0.3) is 11.3 Å². The molecule has 2 atom stereocenters. The number of nitrogens with two attached hydrogens (primary N) is 1. The molecule has 4 heteroatoms. The highest BCUT2D eigenvalue weighted by Crippen LogP contribution is 2.58. The molecule has 4 nitrogen and oxygen atoms in total. The number of rotatable bonds is 5. The average molecular weight is 323 g/mol. The van der Waals surface area contributed by atoms with E-state index >= 15 is 0 Å². The van der Waals surface area contributed by atoms with Gasteiger partial charge in [-0.15, -0.1) is 0 Å². The van der Waals surface area contributed by atoms with Crippen LogP contribution in [0.2, 0.25) is 0 Å². The molecule has 0 radical (unpaired) electrons. The van der Waals surface area contributed by atoms with Gasteiger partial charge in [0.05, 0.1) is 5.69 Å². The first-order valence-electron chi connectivity index (χ1n) is 8.80. The molecule has 0 saturated heterocycles. The molecule has 4 rings (SSSR count). The van der Waals surface area contributed by atoms with Crippen molar-refractivity contribution >= 4 is 5.82 Å². The first kappa shape index (κ1) is 15.5. The third-order valence-corrected chi connectivity index (χ3v) is 5.34. The maximum Gasteiger partial charge on any atom is 0.124 e. The van der Waals surface area contributed by atoms with Crippen LogP contribution < -0.4 is 10.5 Å². The van der Waals surface area contributed by atoms with Crippen molar-refractivity contribution in [3.8, 4) is 17.0 Å². The second-order valence-corrected chi connectivity index (χ2v) is 7.24. The molecule has 2 unspecified atom stereocenters. The van der Waals surface area contributed by atoms with Crippen LogP contribution in [-0.4, -0.2) is 37.1 Å². The second-order valence-electron chi connectivity index (χ2n) is 7.24. The van der Waals surface area contributed by atoms with Gasteiger partial charge in [0, 0.05) is 17.7 Å². The number of pyridine rings is 1. The molecule has 126 valence electrons. The zero-order valence-electron chi connectivity index (χ0n) is 14.5.